The van der Waals surface area contributed by atoms with Crippen LogP contribution in [0.5, 0.6) is 0 Å². The molecule has 5 nitrogen and oxygen atoms in total. The molecule has 3 fully saturated rings. The van der Waals surface area contributed by atoms with E-state index >= 15 is 0 Å². The number of carbonyl (C=O) groups is 3. The highest BCUT2D eigenvalue weighted by atomic mass is 16.3. The number of ketones is 3. The van der Waals surface area contributed by atoms with Crippen LogP contribution in [0, 0.1) is 28.6 Å². The lowest BCUT2D eigenvalue weighted by atomic mass is 9.46. The number of Topliss-reactive ketones (excluding diaryl/α,β-unsaturated/α-hetero) is 2. The van der Waals surface area contributed by atoms with Gasteiger partial charge in [-0.25, -0.2) is 0 Å². The predicted molar refractivity (Wildman–Crippen MR) is 94.0 cm³/mol. The first kappa shape index (κ1) is 17.8. The largest absolute Gasteiger partial charge is 0.388 e. The Morgan fingerprint density at radius 1 is 1.27 bits per heavy atom. The van der Waals surface area contributed by atoms with E-state index in [1.165, 1.54) is 0 Å². The first-order valence-electron chi connectivity index (χ1n) is 9.51. The average Bonchev–Trinajstić information content (AvgIpc) is 2.86. The summed E-state index contributed by atoms with van der Waals surface area (Å²) in [4.78, 5) is 37.4. The lowest BCUT2D eigenvalue weighted by molar-refractivity contribution is -0.168. The number of allylic oxidation sites excluding steroid dienone is 4. The van der Waals surface area contributed by atoms with E-state index in [2.05, 4.69) is 0 Å². The molecule has 2 N–H and O–H groups in total. The molecule has 3 saturated carbocycles. The third kappa shape index (κ3) is 2.01. The normalized spacial score (nSPS) is 47.1. The van der Waals surface area contributed by atoms with Gasteiger partial charge < -0.3 is 10.2 Å². The van der Waals surface area contributed by atoms with Gasteiger partial charge in [-0.1, -0.05) is 25.5 Å². The van der Waals surface area contributed by atoms with Gasteiger partial charge in [-0.3, -0.25) is 14.4 Å². The molecule has 0 aromatic rings. The van der Waals surface area contributed by atoms with Crippen LogP contribution in [0.3, 0.4) is 0 Å². The molecule has 4 aliphatic carbocycles. The molecule has 0 unspecified atom stereocenters. The topological polar surface area (TPSA) is 91.7 Å². The lowest BCUT2D eigenvalue weighted by Gasteiger charge is -2.56. The Hall–Kier alpha value is -1.59. The number of hydrogen-bond donors (Lipinski definition) is 2. The molecule has 0 bridgehead atoms. The van der Waals surface area contributed by atoms with Crippen LogP contribution < -0.4 is 0 Å². The first-order valence-corrected chi connectivity index (χ1v) is 9.51. The van der Waals surface area contributed by atoms with E-state index in [1.807, 2.05) is 19.9 Å². The van der Waals surface area contributed by atoms with Crippen LogP contribution in [0.25, 0.3) is 0 Å². The number of aliphatic hydroxyl groups is 2. The number of rotatable bonds is 2. The Morgan fingerprint density at radius 3 is 2.69 bits per heavy atom. The highest BCUT2D eigenvalue weighted by Crippen LogP contribution is 2.66. The minimum atomic E-state index is -1.62. The average molecular weight is 358 g/mol. The third-order valence-electron chi connectivity index (χ3n) is 8.01. The second-order valence-electron chi connectivity index (χ2n) is 9.02. The van der Waals surface area contributed by atoms with Crippen molar-refractivity contribution in [1.82, 2.24) is 0 Å². The Kier molecular flexibility index (Phi) is 3.74. The summed E-state index contributed by atoms with van der Waals surface area (Å²) in [6.45, 7) is 3.19. The van der Waals surface area contributed by atoms with Crippen molar-refractivity contribution >= 4 is 17.3 Å². The van der Waals surface area contributed by atoms with E-state index in [-0.39, 0.29) is 35.7 Å². The molecule has 0 amide bonds. The van der Waals surface area contributed by atoms with Crippen molar-refractivity contribution < 1.29 is 24.6 Å². The molecule has 0 aromatic heterocycles. The zero-order valence-electron chi connectivity index (χ0n) is 15.3. The Morgan fingerprint density at radius 2 is 2.00 bits per heavy atom. The highest BCUT2D eigenvalue weighted by Gasteiger charge is 2.68. The zero-order chi connectivity index (χ0) is 18.9. The van der Waals surface area contributed by atoms with E-state index in [1.54, 1.807) is 12.2 Å². The molecular weight excluding hydrogens is 332 g/mol. The SMILES string of the molecule is C[C@]12C=CC(=O)C=C1CC[C@@H]1[C@@H]2C(=O)C[C@]2(C)[C@H]1CC[C@]2(O)C(=O)CO. The molecule has 0 aromatic carbocycles. The van der Waals surface area contributed by atoms with Gasteiger partial charge in [0, 0.05) is 23.2 Å². The summed E-state index contributed by atoms with van der Waals surface area (Å²) < 4.78 is 0. The molecular formula is C21H26O5. The molecule has 0 spiro atoms. The molecule has 0 heterocycles. The van der Waals surface area contributed by atoms with Crippen molar-refractivity contribution in [3.8, 4) is 0 Å². The maximum Gasteiger partial charge on any atom is 0.190 e. The molecule has 0 saturated heterocycles. The van der Waals surface area contributed by atoms with Crippen molar-refractivity contribution in [2.75, 3.05) is 6.61 Å². The maximum atomic E-state index is 13.3. The van der Waals surface area contributed by atoms with Gasteiger partial charge in [0.1, 0.15) is 18.0 Å². The van der Waals surface area contributed by atoms with Crippen LogP contribution in [0.15, 0.2) is 23.8 Å². The van der Waals surface area contributed by atoms with Crippen molar-refractivity contribution in [2.45, 2.75) is 51.6 Å². The van der Waals surface area contributed by atoms with Crippen LogP contribution in [-0.4, -0.2) is 39.8 Å². The van der Waals surface area contributed by atoms with E-state index in [0.717, 1.165) is 18.4 Å². The summed E-state index contributed by atoms with van der Waals surface area (Å²) in [5.41, 5.74) is -1.86. The Bertz CT molecular complexity index is 764. The molecule has 0 aliphatic heterocycles. The molecule has 5 heteroatoms. The fourth-order valence-corrected chi connectivity index (χ4v) is 6.62. The lowest BCUT2D eigenvalue weighted by Crippen LogP contribution is -2.60. The highest BCUT2D eigenvalue weighted by molar-refractivity contribution is 6.02. The summed E-state index contributed by atoms with van der Waals surface area (Å²) >= 11 is 0. The van der Waals surface area contributed by atoms with E-state index < -0.39 is 28.8 Å². The van der Waals surface area contributed by atoms with Crippen LogP contribution in [0.4, 0.5) is 0 Å². The number of aliphatic hydroxyl groups excluding tert-OH is 1. The van der Waals surface area contributed by atoms with Crippen LogP contribution in [0.1, 0.15) is 46.0 Å². The second-order valence-corrected chi connectivity index (χ2v) is 9.02. The predicted octanol–water partition coefficient (Wildman–Crippen LogP) is 1.77. The van der Waals surface area contributed by atoms with E-state index in [9.17, 15) is 24.6 Å². The summed E-state index contributed by atoms with van der Waals surface area (Å²) in [5.74, 6) is -0.590. The Labute approximate surface area is 153 Å². The van der Waals surface area contributed by atoms with Crippen LogP contribution >= 0.6 is 0 Å². The zero-order valence-corrected chi connectivity index (χ0v) is 15.3. The molecule has 140 valence electrons. The van der Waals surface area contributed by atoms with Gasteiger partial charge in [0.2, 0.25) is 0 Å². The van der Waals surface area contributed by atoms with Gasteiger partial charge in [-0.05, 0) is 49.7 Å². The molecule has 6 atom stereocenters. The number of fused-ring (bicyclic) bond motifs is 5. The minimum absolute atomic E-state index is 0.0206. The number of carbonyl (C=O) groups excluding carboxylic acids is 3. The monoisotopic (exact) mass is 358 g/mol. The molecule has 26 heavy (non-hydrogen) atoms. The van der Waals surface area contributed by atoms with Crippen molar-refractivity contribution in [1.29, 1.82) is 0 Å². The van der Waals surface area contributed by atoms with Crippen molar-refractivity contribution in [3.05, 3.63) is 23.8 Å². The van der Waals surface area contributed by atoms with Crippen LogP contribution in [-0.2, 0) is 14.4 Å². The van der Waals surface area contributed by atoms with Gasteiger partial charge in [0.25, 0.3) is 0 Å². The van der Waals surface area contributed by atoms with Gasteiger partial charge >= 0.3 is 0 Å². The van der Waals surface area contributed by atoms with Crippen molar-refractivity contribution in [2.24, 2.45) is 28.6 Å². The molecule has 4 rings (SSSR count). The van der Waals surface area contributed by atoms with Gasteiger partial charge in [0.15, 0.2) is 11.6 Å². The standard InChI is InChI=1S/C21H26O5/c1-19-7-5-13(23)9-12(19)3-4-14-15-6-8-21(26,17(25)11-22)20(15,2)10-16(24)18(14)19/h5,7,9,14-15,18,22,26H,3-4,6,8,10-11H2,1-2H3/t14-,15-,18+,19-,20+,21-/m0/s1. The Balaban J connectivity index is 1.76. The fourth-order valence-electron chi connectivity index (χ4n) is 6.62. The van der Waals surface area contributed by atoms with E-state index in [4.69, 9.17) is 0 Å². The van der Waals surface area contributed by atoms with Crippen molar-refractivity contribution in [3.63, 3.8) is 0 Å². The van der Waals surface area contributed by atoms with Gasteiger partial charge in [-0.15, -0.1) is 0 Å². The van der Waals surface area contributed by atoms with E-state index in [0.29, 0.717) is 12.8 Å². The minimum Gasteiger partial charge on any atom is -0.388 e. The first-order chi connectivity index (χ1) is 12.2. The summed E-state index contributed by atoms with van der Waals surface area (Å²) in [6, 6.07) is 0. The second kappa shape index (κ2) is 5.46. The summed E-state index contributed by atoms with van der Waals surface area (Å²) in [6.07, 6.45) is 7.82. The van der Waals surface area contributed by atoms with Gasteiger partial charge in [-0.2, -0.15) is 0 Å². The summed E-state index contributed by atoms with van der Waals surface area (Å²) in [5, 5.41) is 20.5. The van der Waals surface area contributed by atoms with Gasteiger partial charge in [0.05, 0.1) is 0 Å². The smallest absolute Gasteiger partial charge is 0.190 e. The third-order valence-corrected chi connectivity index (χ3v) is 8.01. The summed E-state index contributed by atoms with van der Waals surface area (Å²) in [7, 11) is 0. The maximum absolute atomic E-state index is 13.3. The van der Waals surface area contributed by atoms with Crippen LogP contribution in [0.2, 0.25) is 0 Å². The molecule has 4 aliphatic rings. The quantitative estimate of drug-likeness (QED) is 0.785. The molecule has 0 radical (unpaired) electrons. The fraction of sp³-hybridized carbons (Fsp3) is 0.667. The number of hydrogen-bond acceptors (Lipinski definition) is 5.